The van der Waals surface area contributed by atoms with Crippen LogP contribution in [-0.4, -0.2) is 23.1 Å². The van der Waals surface area contributed by atoms with Gasteiger partial charge in [-0.2, -0.15) is 24.3 Å². The molecule has 0 unspecified atom stereocenters. The van der Waals surface area contributed by atoms with Crippen LogP contribution in [0.4, 0.5) is 0 Å². The Kier molecular flexibility index (Phi) is 9.91. The molecule has 0 saturated heterocycles. The van der Waals surface area contributed by atoms with E-state index in [9.17, 15) is 0 Å². The number of hydrogen-bond donors (Lipinski definition) is 1. The molecule has 2 N–H and O–H groups in total. The van der Waals surface area contributed by atoms with E-state index in [0.717, 1.165) is 10.0 Å². The minimum atomic E-state index is 0. The Balaban J connectivity index is 0. The Morgan fingerprint density at radius 2 is 2.09 bits per heavy atom. The summed E-state index contributed by atoms with van der Waals surface area (Å²) in [5, 5.41) is 0. The normalized spacial score (nSPS) is 7.82. The SMILES string of the molecule is NCc1c[c-]cc(Br)c1.[Br-].[Mg+2]. The van der Waals surface area contributed by atoms with E-state index in [4.69, 9.17) is 5.73 Å². The van der Waals surface area contributed by atoms with Crippen LogP contribution < -0.4 is 22.7 Å². The molecule has 1 aromatic carbocycles. The Bertz CT molecular complexity index is 205. The van der Waals surface area contributed by atoms with Gasteiger partial charge in [0.1, 0.15) is 0 Å². The number of halogens is 2. The van der Waals surface area contributed by atoms with Crippen molar-refractivity contribution in [1.29, 1.82) is 0 Å². The van der Waals surface area contributed by atoms with Gasteiger partial charge >= 0.3 is 23.1 Å². The van der Waals surface area contributed by atoms with Crippen molar-refractivity contribution in [3.05, 3.63) is 34.3 Å². The third-order valence-corrected chi connectivity index (χ3v) is 1.51. The first-order valence-corrected chi connectivity index (χ1v) is 3.48. The smallest absolute Gasteiger partial charge is 1.00 e. The van der Waals surface area contributed by atoms with Crippen LogP contribution in [0.2, 0.25) is 0 Å². The summed E-state index contributed by atoms with van der Waals surface area (Å²) in [7, 11) is 0. The minimum absolute atomic E-state index is 0. The minimum Gasteiger partial charge on any atom is -1.00 e. The second-order valence-electron chi connectivity index (χ2n) is 1.76. The van der Waals surface area contributed by atoms with Crippen LogP contribution >= 0.6 is 15.9 Å². The molecular weight excluding hydrogens is 282 g/mol. The topological polar surface area (TPSA) is 26.0 Å². The summed E-state index contributed by atoms with van der Waals surface area (Å²) in [5.74, 6) is 0. The van der Waals surface area contributed by atoms with Gasteiger partial charge in [-0.3, -0.25) is 0 Å². The molecule has 0 heterocycles. The monoisotopic (exact) mass is 287 g/mol. The molecule has 1 nitrogen and oxygen atoms in total. The van der Waals surface area contributed by atoms with Crippen molar-refractivity contribution in [3.8, 4) is 0 Å². The number of hydrogen-bond acceptors (Lipinski definition) is 1. The molecule has 1 rings (SSSR count). The van der Waals surface area contributed by atoms with E-state index in [1.807, 2.05) is 18.2 Å². The van der Waals surface area contributed by atoms with Gasteiger partial charge in [-0.1, -0.05) is 4.47 Å². The average molecular weight is 289 g/mol. The van der Waals surface area contributed by atoms with Crippen molar-refractivity contribution >= 4 is 39.0 Å². The van der Waals surface area contributed by atoms with Gasteiger partial charge in [0.25, 0.3) is 0 Å². The fourth-order valence-electron chi connectivity index (χ4n) is 0.607. The Labute approximate surface area is 102 Å². The zero-order valence-electron chi connectivity index (χ0n) is 5.98. The molecule has 0 aliphatic heterocycles. The average Bonchev–Trinajstić information content (AvgIpc) is 1.88. The van der Waals surface area contributed by atoms with E-state index in [-0.39, 0.29) is 40.0 Å². The quantitative estimate of drug-likeness (QED) is 0.486. The summed E-state index contributed by atoms with van der Waals surface area (Å²) in [5.41, 5.74) is 6.48. The largest absolute Gasteiger partial charge is 2.00 e. The van der Waals surface area contributed by atoms with Crippen molar-refractivity contribution < 1.29 is 17.0 Å². The summed E-state index contributed by atoms with van der Waals surface area (Å²) in [6.07, 6.45) is 0. The van der Waals surface area contributed by atoms with Crippen LogP contribution in [0.15, 0.2) is 22.7 Å². The molecule has 0 spiro atoms. The van der Waals surface area contributed by atoms with E-state index in [1.54, 1.807) is 0 Å². The van der Waals surface area contributed by atoms with Gasteiger partial charge in [0.05, 0.1) is 0 Å². The maximum Gasteiger partial charge on any atom is 2.00 e. The first-order valence-electron chi connectivity index (χ1n) is 2.68. The van der Waals surface area contributed by atoms with E-state index in [1.165, 1.54) is 0 Å². The van der Waals surface area contributed by atoms with Crippen molar-refractivity contribution in [3.63, 3.8) is 0 Å². The zero-order chi connectivity index (χ0) is 6.69. The molecule has 1 aromatic rings. The standard InChI is InChI=1S/C7H7BrN.BrH.Mg/c8-7-3-1-2-6(4-7)5-9;;/h2-4H,5,9H2;1H;/q-1;;+2/p-1. The third-order valence-electron chi connectivity index (χ3n) is 1.05. The van der Waals surface area contributed by atoms with E-state index in [2.05, 4.69) is 22.0 Å². The molecule has 0 atom stereocenters. The molecule has 0 radical (unpaired) electrons. The Hall–Kier alpha value is 0.906. The molecule has 0 amide bonds. The predicted molar refractivity (Wildman–Crippen MR) is 46.6 cm³/mol. The summed E-state index contributed by atoms with van der Waals surface area (Å²) in [6, 6.07) is 8.68. The molecule has 0 saturated carbocycles. The first kappa shape index (κ1) is 14.4. The maximum absolute atomic E-state index is 5.38. The van der Waals surface area contributed by atoms with Crippen molar-refractivity contribution in [2.75, 3.05) is 0 Å². The van der Waals surface area contributed by atoms with Gasteiger partial charge < -0.3 is 22.7 Å². The molecule has 0 aromatic heterocycles. The van der Waals surface area contributed by atoms with E-state index < -0.39 is 0 Å². The van der Waals surface area contributed by atoms with Crippen molar-refractivity contribution in [2.24, 2.45) is 5.73 Å². The Morgan fingerprint density at radius 3 is 2.45 bits per heavy atom. The second kappa shape index (κ2) is 7.55. The Morgan fingerprint density at radius 1 is 1.45 bits per heavy atom. The van der Waals surface area contributed by atoms with Gasteiger partial charge in [-0.15, -0.1) is 21.5 Å². The molecule has 0 bridgehead atoms. The molecule has 4 heteroatoms. The summed E-state index contributed by atoms with van der Waals surface area (Å²) in [6.45, 7) is 0.579. The maximum atomic E-state index is 5.38. The predicted octanol–water partition coefficient (Wildman–Crippen LogP) is -1.67. The first-order chi connectivity index (χ1) is 4.33. The van der Waals surface area contributed by atoms with Crippen LogP contribution in [0.1, 0.15) is 5.56 Å². The van der Waals surface area contributed by atoms with Gasteiger partial charge in [-0.05, 0) is 6.54 Å². The van der Waals surface area contributed by atoms with Gasteiger partial charge in [-0.25, -0.2) is 0 Å². The summed E-state index contributed by atoms with van der Waals surface area (Å²) < 4.78 is 1.03. The van der Waals surface area contributed by atoms with E-state index in [0.29, 0.717) is 6.54 Å². The van der Waals surface area contributed by atoms with Gasteiger partial charge in [0.15, 0.2) is 0 Å². The van der Waals surface area contributed by atoms with Crippen LogP contribution in [0.25, 0.3) is 0 Å². The summed E-state index contributed by atoms with van der Waals surface area (Å²) >= 11 is 3.32. The van der Waals surface area contributed by atoms with E-state index >= 15 is 0 Å². The number of rotatable bonds is 1. The third kappa shape index (κ3) is 5.19. The molecule has 0 fully saturated rings. The molecular formula is C7H7Br2MgN. The number of benzene rings is 1. The molecule has 0 aliphatic rings. The molecule has 11 heavy (non-hydrogen) atoms. The van der Waals surface area contributed by atoms with Crippen LogP contribution in [0, 0.1) is 6.07 Å². The van der Waals surface area contributed by atoms with Crippen molar-refractivity contribution in [1.82, 2.24) is 0 Å². The fourth-order valence-corrected chi connectivity index (χ4v) is 1.03. The second-order valence-corrected chi connectivity index (χ2v) is 2.68. The summed E-state index contributed by atoms with van der Waals surface area (Å²) in [4.78, 5) is 0. The fraction of sp³-hybridized carbons (Fsp3) is 0.143. The van der Waals surface area contributed by atoms with Crippen LogP contribution in [0.5, 0.6) is 0 Å². The molecule has 56 valence electrons. The van der Waals surface area contributed by atoms with Crippen LogP contribution in [0.3, 0.4) is 0 Å². The zero-order valence-corrected chi connectivity index (χ0v) is 10.6. The molecule has 0 aliphatic carbocycles. The number of nitrogens with two attached hydrogens (primary N) is 1. The van der Waals surface area contributed by atoms with Gasteiger partial charge in [0, 0.05) is 0 Å². The van der Waals surface area contributed by atoms with Crippen LogP contribution in [-0.2, 0) is 6.54 Å². The van der Waals surface area contributed by atoms with Crippen molar-refractivity contribution in [2.45, 2.75) is 6.54 Å². The van der Waals surface area contributed by atoms with Gasteiger partial charge in [0.2, 0.25) is 0 Å².